The molecule has 1 amide bonds. The Kier molecular flexibility index (Phi) is 8.24. The molecule has 0 fully saturated rings. The Hall–Kier alpha value is -2.74. The van der Waals surface area contributed by atoms with Crippen molar-refractivity contribution in [1.82, 2.24) is 5.32 Å². The monoisotopic (exact) mass is 506 g/mol. The first-order valence-corrected chi connectivity index (χ1v) is 12.4. The van der Waals surface area contributed by atoms with Crippen LogP contribution in [0.25, 0.3) is 0 Å². The fourth-order valence-electron chi connectivity index (χ4n) is 2.97. The largest absolute Gasteiger partial charge is 0.492 e. The highest BCUT2D eigenvalue weighted by Gasteiger charge is 2.27. The van der Waals surface area contributed by atoms with Gasteiger partial charge >= 0.3 is 0 Å². The Morgan fingerprint density at radius 1 is 0.970 bits per heavy atom. The number of sulfonamides is 1. The first-order chi connectivity index (χ1) is 15.7. The van der Waals surface area contributed by atoms with Gasteiger partial charge in [0.2, 0.25) is 5.91 Å². The second-order valence-corrected chi connectivity index (χ2v) is 10.1. The second kappa shape index (κ2) is 10.9. The summed E-state index contributed by atoms with van der Waals surface area (Å²) in [6.45, 7) is 3.82. The number of aryl methyl sites for hydroxylation is 2. The third kappa shape index (κ3) is 6.63. The molecule has 0 bridgehead atoms. The van der Waals surface area contributed by atoms with Crippen molar-refractivity contribution in [1.29, 1.82) is 0 Å². The van der Waals surface area contributed by atoms with E-state index in [0.29, 0.717) is 21.5 Å². The SMILES string of the molecule is Cc1ccc(N(CC(=O)NCCOc2ccc(C)c(Cl)c2)S(=O)(=O)c2ccc(Cl)cc2)cc1. The van der Waals surface area contributed by atoms with E-state index in [1.54, 1.807) is 36.4 Å². The zero-order chi connectivity index (χ0) is 24.0. The van der Waals surface area contributed by atoms with E-state index in [-0.39, 0.29) is 24.6 Å². The molecule has 0 radical (unpaired) electrons. The average molecular weight is 507 g/mol. The van der Waals surface area contributed by atoms with Gasteiger partial charge < -0.3 is 10.1 Å². The van der Waals surface area contributed by atoms with Gasteiger partial charge in [-0.2, -0.15) is 0 Å². The maximum absolute atomic E-state index is 13.3. The molecule has 1 N–H and O–H groups in total. The van der Waals surface area contributed by atoms with Gasteiger partial charge in [-0.05, 0) is 67.9 Å². The van der Waals surface area contributed by atoms with Crippen molar-refractivity contribution < 1.29 is 17.9 Å². The summed E-state index contributed by atoms with van der Waals surface area (Å²) in [5, 5.41) is 3.71. The van der Waals surface area contributed by atoms with E-state index in [9.17, 15) is 13.2 Å². The minimum atomic E-state index is -3.99. The van der Waals surface area contributed by atoms with Crippen LogP contribution < -0.4 is 14.4 Å². The average Bonchev–Trinajstić information content (AvgIpc) is 2.78. The van der Waals surface area contributed by atoms with Crippen LogP contribution in [0.5, 0.6) is 5.75 Å². The standard InChI is InChI=1S/C24H24Cl2N2O4S/c1-17-3-8-20(9-4-17)28(33(30,31)22-11-6-19(25)7-12-22)16-24(29)27-13-14-32-21-10-5-18(2)23(26)15-21/h3-12,15H,13-14,16H2,1-2H3,(H,27,29). The predicted molar refractivity (Wildman–Crippen MR) is 132 cm³/mol. The molecule has 0 atom stereocenters. The quantitative estimate of drug-likeness (QED) is 0.414. The van der Waals surface area contributed by atoms with Crippen molar-refractivity contribution in [2.45, 2.75) is 18.7 Å². The summed E-state index contributed by atoms with van der Waals surface area (Å²) in [7, 11) is -3.99. The second-order valence-electron chi connectivity index (χ2n) is 7.41. The van der Waals surface area contributed by atoms with Gasteiger partial charge in [0, 0.05) is 10.0 Å². The van der Waals surface area contributed by atoms with E-state index in [0.717, 1.165) is 15.4 Å². The third-order valence-electron chi connectivity index (χ3n) is 4.85. The van der Waals surface area contributed by atoms with Gasteiger partial charge in [0.25, 0.3) is 10.0 Å². The molecule has 0 aliphatic heterocycles. The molecule has 0 saturated carbocycles. The number of hydrogen-bond donors (Lipinski definition) is 1. The molecule has 3 aromatic rings. The van der Waals surface area contributed by atoms with Gasteiger partial charge in [-0.3, -0.25) is 9.10 Å². The van der Waals surface area contributed by atoms with Crippen molar-refractivity contribution in [3.8, 4) is 5.75 Å². The van der Waals surface area contributed by atoms with Gasteiger partial charge in [0.15, 0.2) is 0 Å². The summed E-state index contributed by atoms with van der Waals surface area (Å²) in [5.41, 5.74) is 2.30. The number of benzene rings is 3. The molecule has 6 nitrogen and oxygen atoms in total. The highest BCUT2D eigenvalue weighted by Crippen LogP contribution is 2.25. The molecule has 0 saturated heterocycles. The molecule has 3 aromatic carbocycles. The summed E-state index contributed by atoms with van der Waals surface area (Å²) >= 11 is 12.0. The number of ether oxygens (including phenoxy) is 1. The van der Waals surface area contributed by atoms with Crippen LogP contribution in [0, 0.1) is 13.8 Å². The summed E-state index contributed by atoms with van der Waals surface area (Å²) in [4.78, 5) is 12.7. The smallest absolute Gasteiger partial charge is 0.264 e. The molecule has 0 aliphatic carbocycles. The number of hydrogen-bond acceptors (Lipinski definition) is 4. The number of rotatable bonds is 9. The molecule has 9 heteroatoms. The maximum Gasteiger partial charge on any atom is 0.264 e. The van der Waals surface area contributed by atoms with Crippen LogP contribution in [0.3, 0.4) is 0 Å². The van der Waals surface area contributed by atoms with Crippen LogP contribution in [0.4, 0.5) is 5.69 Å². The topological polar surface area (TPSA) is 75.7 Å². The first-order valence-electron chi connectivity index (χ1n) is 10.2. The van der Waals surface area contributed by atoms with Crippen LogP contribution in [0.1, 0.15) is 11.1 Å². The van der Waals surface area contributed by atoms with Crippen LogP contribution in [-0.2, 0) is 14.8 Å². The lowest BCUT2D eigenvalue weighted by molar-refractivity contribution is -0.119. The predicted octanol–water partition coefficient (Wildman–Crippen LogP) is 5.00. The number of nitrogens with zero attached hydrogens (tertiary/aromatic N) is 1. The lowest BCUT2D eigenvalue weighted by Crippen LogP contribution is -2.41. The van der Waals surface area contributed by atoms with Crippen molar-refractivity contribution in [2.75, 3.05) is 24.0 Å². The molecule has 0 aliphatic rings. The maximum atomic E-state index is 13.3. The highest BCUT2D eigenvalue weighted by molar-refractivity contribution is 7.92. The molecule has 3 rings (SSSR count). The summed E-state index contributed by atoms with van der Waals surface area (Å²) < 4.78 is 33.3. The van der Waals surface area contributed by atoms with Gasteiger partial charge in [0.1, 0.15) is 18.9 Å². The minimum Gasteiger partial charge on any atom is -0.492 e. The van der Waals surface area contributed by atoms with E-state index in [1.165, 1.54) is 24.3 Å². The van der Waals surface area contributed by atoms with Crippen molar-refractivity contribution in [2.24, 2.45) is 0 Å². The van der Waals surface area contributed by atoms with Crippen LogP contribution >= 0.6 is 23.2 Å². The molecule has 33 heavy (non-hydrogen) atoms. The van der Waals surface area contributed by atoms with Gasteiger partial charge in [-0.1, -0.05) is 47.0 Å². The number of nitrogens with one attached hydrogen (secondary N) is 1. The molecule has 0 spiro atoms. The Labute approximate surface area is 204 Å². The Morgan fingerprint density at radius 2 is 1.64 bits per heavy atom. The van der Waals surface area contributed by atoms with Gasteiger partial charge in [0.05, 0.1) is 17.1 Å². The molecule has 0 aromatic heterocycles. The fourth-order valence-corrected chi connectivity index (χ4v) is 4.69. The summed E-state index contributed by atoms with van der Waals surface area (Å²) in [6.07, 6.45) is 0. The van der Waals surface area contributed by atoms with Crippen molar-refractivity contribution in [3.63, 3.8) is 0 Å². The molecule has 174 valence electrons. The number of anilines is 1. The zero-order valence-electron chi connectivity index (χ0n) is 18.2. The van der Waals surface area contributed by atoms with E-state index in [1.807, 2.05) is 19.9 Å². The fraction of sp³-hybridized carbons (Fsp3) is 0.208. The Bertz CT molecular complexity index is 1210. The first kappa shape index (κ1) is 24.9. The molecule has 0 unspecified atom stereocenters. The molecular weight excluding hydrogens is 483 g/mol. The van der Waals surface area contributed by atoms with Crippen molar-refractivity contribution >= 4 is 44.8 Å². The number of carbonyl (C=O) groups excluding carboxylic acids is 1. The Morgan fingerprint density at radius 3 is 2.27 bits per heavy atom. The third-order valence-corrected chi connectivity index (χ3v) is 7.29. The molecular formula is C24H24Cl2N2O4S. The summed E-state index contributed by atoms with van der Waals surface area (Å²) in [5.74, 6) is 0.130. The normalized spacial score (nSPS) is 11.2. The lowest BCUT2D eigenvalue weighted by atomic mass is 10.2. The number of amides is 1. The summed E-state index contributed by atoms with van der Waals surface area (Å²) in [6, 6.07) is 18.1. The number of halogens is 2. The van der Waals surface area contributed by atoms with Crippen LogP contribution in [0.2, 0.25) is 10.0 Å². The van der Waals surface area contributed by atoms with E-state index >= 15 is 0 Å². The van der Waals surface area contributed by atoms with Crippen LogP contribution in [0.15, 0.2) is 71.6 Å². The Balaban J connectivity index is 1.69. The van der Waals surface area contributed by atoms with Gasteiger partial charge in [-0.15, -0.1) is 0 Å². The highest BCUT2D eigenvalue weighted by atomic mass is 35.5. The van der Waals surface area contributed by atoms with E-state index < -0.39 is 15.9 Å². The van der Waals surface area contributed by atoms with Crippen LogP contribution in [-0.4, -0.2) is 34.0 Å². The van der Waals surface area contributed by atoms with Crippen molar-refractivity contribution in [3.05, 3.63) is 87.9 Å². The van der Waals surface area contributed by atoms with E-state index in [2.05, 4.69) is 5.32 Å². The van der Waals surface area contributed by atoms with E-state index in [4.69, 9.17) is 27.9 Å². The lowest BCUT2D eigenvalue weighted by Gasteiger charge is -2.24. The number of carbonyl (C=O) groups is 1. The minimum absolute atomic E-state index is 0.0415. The zero-order valence-corrected chi connectivity index (χ0v) is 20.5. The molecule has 0 heterocycles. The van der Waals surface area contributed by atoms with Gasteiger partial charge in [-0.25, -0.2) is 8.42 Å².